The van der Waals surface area contributed by atoms with Gasteiger partial charge in [0.25, 0.3) is 0 Å². The Hall–Kier alpha value is -0.420. The Morgan fingerprint density at radius 1 is 1.07 bits per heavy atom. The molecule has 0 amide bonds. The number of ether oxygens (including phenoxy) is 4. The molecule has 0 saturated carbocycles. The van der Waals surface area contributed by atoms with Crippen LogP contribution in [0.4, 0.5) is 0 Å². The van der Waals surface area contributed by atoms with Gasteiger partial charge < -0.3 is 54.7 Å². The van der Waals surface area contributed by atoms with E-state index in [1.54, 1.807) is 0 Å². The van der Waals surface area contributed by atoms with Crippen LogP contribution in [-0.4, -0.2) is 118 Å². The molecule has 2 rings (SSSR count). The molecule has 0 spiro atoms. The Morgan fingerprint density at radius 3 is 2.17 bits per heavy atom. The number of methoxy groups -OCH3 is 1. The number of carboxylic acids is 1. The van der Waals surface area contributed by atoms with Gasteiger partial charge in [0.15, 0.2) is 18.7 Å². The van der Waals surface area contributed by atoms with Gasteiger partial charge in [0.2, 0.25) is 0 Å². The number of aliphatic hydroxyl groups excluding tert-OH is 5. The van der Waals surface area contributed by atoms with Gasteiger partial charge in [0.05, 0.1) is 6.61 Å². The van der Waals surface area contributed by atoms with Crippen LogP contribution < -0.4 is 34.7 Å². The fourth-order valence-corrected chi connectivity index (χ4v) is 3.07. The van der Waals surface area contributed by atoms with Crippen molar-refractivity contribution in [2.24, 2.45) is 4.99 Å². The Labute approximate surface area is 187 Å². The topological polar surface area (TPSA) is 211 Å². The average Bonchev–Trinajstić information content (AvgIpc) is 2.64. The van der Waals surface area contributed by atoms with Crippen LogP contribution in [0.15, 0.2) is 4.99 Å². The van der Waals surface area contributed by atoms with Crippen LogP contribution in [0, 0.1) is 0 Å². The molecule has 2 fully saturated rings. The molecule has 0 aromatic heterocycles. The third-order valence-corrected chi connectivity index (χ3v) is 4.49. The third kappa shape index (κ3) is 5.84. The molecular weight excluding hydrogens is 409 g/mol. The van der Waals surface area contributed by atoms with Gasteiger partial charge in [-0.2, -0.15) is 0 Å². The maximum absolute atomic E-state index is 11.5. The zero-order valence-corrected chi connectivity index (χ0v) is 18.1. The molecule has 0 unspecified atom stereocenters. The molecule has 162 valence electrons. The first-order valence-electron chi connectivity index (χ1n) is 8.38. The molecule has 29 heavy (non-hydrogen) atoms. The van der Waals surface area contributed by atoms with Gasteiger partial charge in [-0.3, -0.25) is 4.99 Å². The minimum atomic E-state index is -1.93. The summed E-state index contributed by atoms with van der Waals surface area (Å²) in [6.45, 7) is 0.474. The van der Waals surface area contributed by atoms with Crippen molar-refractivity contribution in [2.45, 2.75) is 68.3 Å². The first kappa shape index (κ1) is 26.6. The molecule has 2 aliphatic rings. The zero-order chi connectivity index (χ0) is 21.2. The molecule has 14 heteroatoms. The van der Waals surface area contributed by atoms with E-state index in [2.05, 4.69) is 4.99 Å². The van der Waals surface area contributed by atoms with E-state index in [-0.39, 0.29) is 29.6 Å². The molecule has 2 saturated heterocycles. The first-order chi connectivity index (χ1) is 13.1. The van der Waals surface area contributed by atoms with Gasteiger partial charge in [-0.25, -0.2) is 4.79 Å². The number of rotatable bonds is 6. The molecule has 2 aliphatic heterocycles. The number of aliphatic carboxylic acids is 1. The number of aliphatic hydroxyl groups is 5. The Bertz CT molecular complexity index is 576. The maximum atomic E-state index is 11.5. The zero-order valence-electron chi connectivity index (χ0n) is 16.1. The number of hydrogen-bond acceptors (Lipinski definition) is 12. The summed E-state index contributed by atoms with van der Waals surface area (Å²) in [4.78, 5) is 15.0. The maximum Gasteiger partial charge on any atom is 1.00 e. The van der Waals surface area contributed by atoms with Crippen LogP contribution in [0.5, 0.6) is 0 Å². The summed E-state index contributed by atoms with van der Waals surface area (Å²) in [5.74, 6) is -2.28. The number of hydrogen-bond donors (Lipinski definition) is 6. The minimum Gasteiger partial charge on any atom is -0.862 e. The van der Waals surface area contributed by atoms with E-state index in [9.17, 15) is 35.4 Å². The van der Waals surface area contributed by atoms with Gasteiger partial charge in [-0.05, 0) is 12.8 Å². The van der Waals surface area contributed by atoms with E-state index in [1.807, 2.05) is 0 Å². The van der Waals surface area contributed by atoms with Crippen LogP contribution in [0.3, 0.4) is 0 Å². The molecule has 0 aliphatic carbocycles. The molecule has 2 heterocycles. The third-order valence-electron chi connectivity index (χ3n) is 4.49. The number of nitrogens with zero attached hydrogens (tertiary/aromatic N) is 1. The summed E-state index contributed by atoms with van der Waals surface area (Å²) in [6, 6.07) is -1.26. The second-order valence-corrected chi connectivity index (χ2v) is 6.43. The molecule has 10 atom stereocenters. The molecule has 0 bridgehead atoms. The fourth-order valence-electron chi connectivity index (χ4n) is 3.07. The minimum absolute atomic E-state index is 0. The molecule has 13 nitrogen and oxygen atoms in total. The van der Waals surface area contributed by atoms with Crippen molar-refractivity contribution in [3.63, 3.8) is 0 Å². The van der Waals surface area contributed by atoms with Gasteiger partial charge >= 0.3 is 35.5 Å². The smallest absolute Gasteiger partial charge is 0.862 e. The van der Waals surface area contributed by atoms with Crippen LogP contribution >= 0.6 is 0 Å². The Kier molecular flexibility index (Phi) is 10.3. The second kappa shape index (κ2) is 11.3. The van der Waals surface area contributed by atoms with Crippen molar-refractivity contribution in [1.29, 1.82) is 0 Å². The molecule has 0 aromatic carbocycles. The van der Waals surface area contributed by atoms with Gasteiger partial charge in [0.1, 0.15) is 42.7 Å². The molecule has 6 N–H and O–H groups in total. The van der Waals surface area contributed by atoms with Crippen molar-refractivity contribution in [2.75, 3.05) is 13.7 Å². The quantitative estimate of drug-likeness (QED) is 0.131. The average molecular weight is 433 g/mol. The Morgan fingerprint density at radius 2 is 1.69 bits per heavy atom. The summed E-state index contributed by atoms with van der Waals surface area (Å²) in [5, 5.41) is 70.1. The van der Waals surface area contributed by atoms with Crippen LogP contribution in [-0.2, 0) is 23.7 Å². The van der Waals surface area contributed by atoms with Crippen LogP contribution in [0.25, 0.3) is 0 Å². The van der Waals surface area contributed by atoms with E-state index in [0.29, 0.717) is 0 Å². The molecular formula is C15H24NNaO12. The first-order valence-corrected chi connectivity index (χ1v) is 8.38. The van der Waals surface area contributed by atoms with E-state index < -0.39 is 79.8 Å². The summed E-state index contributed by atoms with van der Waals surface area (Å²) in [5.41, 5.74) is 0. The standard InChI is InChI=1S/C15H25NO12.Na/c1-4(18)16-6-11(7(19)5(3-17)26-14(6)25-2)27-15-10(22)8(20)9(21)12(28-15)13(23)24;/h5-12,14-15,17,19-22H,3H2,1-2H3,(H,16,18)(H,23,24);/q;+1/p-1/t5-,6-,7-,8+,9+,10-,11-,12+,14-,15-;/m1./s1. The predicted molar refractivity (Wildman–Crippen MR) is 84.8 cm³/mol. The van der Waals surface area contributed by atoms with E-state index in [1.165, 1.54) is 7.11 Å². The monoisotopic (exact) mass is 433 g/mol. The predicted octanol–water partition coefficient (Wildman–Crippen LogP) is -7.86. The van der Waals surface area contributed by atoms with Gasteiger partial charge in [-0.15, -0.1) is 0 Å². The van der Waals surface area contributed by atoms with Crippen molar-refractivity contribution in [3.8, 4) is 0 Å². The van der Waals surface area contributed by atoms with Crippen molar-refractivity contribution < 1.29 is 89.0 Å². The van der Waals surface area contributed by atoms with Crippen molar-refractivity contribution in [3.05, 3.63) is 0 Å². The summed E-state index contributed by atoms with van der Waals surface area (Å²) < 4.78 is 20.9. The van der Waals surface area contributed by atoms with Gasteiger partial charge in [-0.1, -0.05) is 0 Å². The van der Waals surface area contributed by atoms with E-state index in [4.69, 9.17) is 24.1 Å². The summed E-state index contributed by atoms with van der Waals surface area (Å²) >= 11 is 0. The summed E-state index contributed by atoms with van der Waals surface area (Å²) in [7, 11) is 1.23. The van der Waals surface area contributed by atoms with E-state index in [0.717, 1.165) is 6.92 Å². The molecule has 0 aromatic rings. The van der Waals surface area contributed by atoms with E-state index >= 15 is 0 Å². The number of carbonyl (C=O) groups is 1. The van der Waals surface area contributed by atoms with Gasteiger partial charge in [0, 0.05) is 7.11 Å². The SMILES string of the molecule is CO[C@@H]1O[C@H](CO)[C@@H](O)[C@H](O[C@@H]2O[C@H](C(=O)O)[C@@H](O)[C@H](O)[C@H]2O)[C@H]1N=C(C)[O-].[Na+]. The second-order valence-electron chi connectivity index (χ2n) is 6.43. The Balaban J connectivity index is 0.00000420. The molecule has 0 radical (unpaired) electrons. The largest absolute Gasteiger partial charge is 1.00 e. The van der Waals surface area contributed by atoms with Crippen molar-refractivity contribution in [1.82, 2.24) is 0 Å². The normalized spacial score (nSPS) is 43.5. The van der Waals surface area contributed by atoms with Crippen molar-refractivity contribution >= 4 is 11.9 Å². The van der Waals surface area contributed by atoms with Crippen LogP contribution in [0.1, 0.15) is 6.92 Å². The fraction of sp³-hybridized carbons (Fsp3) is 0.867. The number of carboxylic acid groups (broad SMARTS) is 1. The van der Waals surface area contributed by atoms with Crippen LogP contribution in [0.2, 0.25) is 0 Å². The number of aliphatic imine (C=N–C) groups is 1. The summed E-state index contributed by atoms with van der Waals surface area (Å²) in [6.07, 6.45) is -14.9.